The summed E-state index contributed by atoms with van der Waals surface area (Å²) >= 11 is 1.18. The quantitative estimate of drug-likeness (QED) is 0.711. The van der Waals surface area contributed by atoms with Crippen molar-refractivity contribution in [2.75, 3.05) is 0 Å². The topological polar surface area (TPSA) is 17.1 Å². The summed E-state index contributed by atoms with van der Waals surface area (Å²) in [5, 5.41) is 0.391. The number of thioether (sulfide) groups is 1. The smallest absolute Gasteiger partial charge is 0 e. The fourth-order valence-corrected chi connectivity index (χ4v) is 0.289. The van der Waals surface area contributed by atoms with Gasteiger partial charge in [-0.3, -0.25) is 0 Å². The SMILES string of the molecule is CC(C)S[C-]=O.[Re]. The minimum absolute atomic E-state index is 0. The molecule has 0 unspecified atom stereocenters. The Balaban J connectivity index is 0. The Bertz CT molecular complexity index is 47.0. The van der Waals surface area contributed by atoms with E-state index < -0.39 is 0 Å². The molecule has 0 aromatic rings. The summed E-state index contributed by atoms with van der Waals surface area (Å²) in [4.78, 5) is 9.45. The number of rotatable bonds is 2. The number of carbonyl (C=O) groups excluding carboxylic acids is 1. The molecule has 0 rings (SSSR count). The molecule has 0 heterocycles. The second-order valence-electron chi connectivity index (χ2n) is 1.25. The van der Waals surface area contributed by atoms with E-state index in [4.69, 9.17) is 0 Å². The third-order valence-corrected chi connectivity index (χ3v) is 0.851. The van der Waals surface area contributed by atoms with Crippen LogP contribution in [0.4, 0.5) is 0 Å². The number of hydrogen-bond acceptors (Lipinski definition) is 2. The summed E-state index contributed by atoms with van der Waals surface area (Å²) < 4.78 is 0. The molecule has 0 aromatic carbocycles. The van der Waals surface area contributed by atoms with Gasteiger partial charge in [0.2, 0.25) is 0 Å². The van der Waals surface area contributed by atoms with E-state index in [1.807, 2.05) is 13.8 Å². The summed E-state index contributed by atoms with van der Waals surface area (Å²) in [7, 11) is 0. The van der Waals surface area contributed by atoms with Gasteiger partial charge in [-0.05, 0) is 5.25 Å². The van der Waals surface area contributed by atoms with E-state index in [-0.39, 0.29) is 20.4 Å². The van der Waals surface area contributed by atoms with Gasteiger partial charge in [0.15, 0.2) is 0 Å². The van der Waals surface area contributed by atoms with E-state index in [0.29, 0.717) is 5.25 Å². The van der Waals surface area contributed by atoms with Crippen molar-refractivity contribution < 1.29 is 25.2 Å². The van der Waals surface area contributed by atoms with Crippen LogP contribution in [0.1, 0.15) is 13.8 Å². The summed E-state index contributed by atoms with van der Waals surface area (Å²) in [5.74, 6) is 0. The van der Waals surface area contributed by atoms with Gasteiger partial charge in [-0.15, -0.1) is 0 Å². The van der Waals surface area contributed by atoms with Crippen molar-refractivity contribution in [3.63, 3.8) is 0 Å². The zero-order chi connectivity index (χ0) is 4.99. The van der Waals surface area contributed by atoms with E-state index in [1.54, 1.807) is 5.62 Å². The standard InChI is InChI=1S/C4H7OS.Re/c1-4(2)6-3-5;/h4H,1-2H3;/q-1;. The average Bonchev–Trinajstić information content (AvgIpc) is 1.35. The zero-order valence-electron chi connectivity index (χ0n) is 4.27. The van der Waals surface area contributed by atoms with Gasteiger partial charge in [-0.1, -0.05) is 13.8 Å². The molecule has 0 saturated carbocycles. The van der Waals surface area contributed by atoms with Crippen LogP contribution in [0.5, 0.6) is 0 Å². The molecule has 1 radical (unpaired) electrons. The molecule has 0 fully saturated rings. The predicted octanol–water partition coefficient (Wildman–Crippen LogP) is 1.19. The van der Waals surface area contributed by atoms with Crippen molar-refractivity contribution in [1.82, 2.24) is 0 Å². The first-order valence-corrected chi connectivity index (χ1v) is 2.68. The average molecular weight is 289 g/mol. The summed E-state index contributed by atoms with van der Waals surface area (Å²) in [6.07, 6.45) is 0. The second kappa shape index (κ2) is 6.68. The Morgan fingerprint density at radius 2 is 2.00 bits per heavy atom. The third-order valence-electron chi connectivity index (χ3n) is 0.284. The van der Waals surface area contributed by atoms with Crippen molar-refractivity contribution in [1.29, 1.82) is 0 Å². The van der Waals surface area contributed by atoms with Crippen molar-refractivity contribution in [3.05, 3.63) is 0 Å². The van der Waals surface area contributed by atoms with Crippen LogP contribution in [0.2, 0.25) is 0 Å². The van der Waals surface area contributed by atoms with Gasteiger partial charge < -0.3 is 16.6 Å². The van der Waals surface area contributed by atoms with Gasteiger partial charge in [-0.25, -0.2) is 5.62 Å². The van der Waals surface area contributed by atoms with Crippen LogP contribution < -0.4 is 0 Å². The Morgan fingerprint density at radius 3 is 2.00 bits per heavy atom. The van der Waals surface area contributed by atoms with E-state index in [9.17, 15) is 4.79 Å². The van der Waals surface area contributed by atoms with Crippen molar-refractivity contribution in [3.8, 4) is 0 Å². The van der Waals surface area contributed by atoms with Gasteiger partial charge in [-0.2, -0.15) is 0 Å². The Hall–Kier alpha value is 0.682. The molecular weight excluding hydrogens is 282 g/mol. The molecule has 0 spiro atoms. The van der Waals surface area contributed by atoms with Gasteiger partial charge in [0, 0.05) is 20.4 Å². The molecule has 0 N–H and O–H groups in total. The van der Waals surface area contributed by atoms with Crippen LogP contribution in [0, 0.1) is 0 Å². The molecule has 43 valence electrons. The monoisotopic (exact) mass is 290 g/mol. The molecule has 0 saturated heterocycles. The van der Waals surface area contributed by atoms with Crippen molar-refractivity contribution in [2.45, 2.75) is 19.1 Å². The van der Waals surface area contributed by atoms with Crippen molar-refractivity contribution >= 4 is 17.4 Å². The maximum absolute atomic E-state index is 9.45. The third kappa shape index (κ3) is 10.8. The molecule has 1 nitrogen and oxygen atoms in total. The zero-order valence-corrected chi connectivity index (χ0v) is 7.80. The van der Waals surface area contributed by atoms with Crippen LogP contribution in [0.25, 0.3) is 0 Å². The fraction of sp³-hybridized carbons (Fsp3) is 0.750. The molecule has 7 heavy (non-hydrogen) atoms. The minimum atomic E-state index is 0. The second-order valence-corrected chi connectivity index (χ2v) is 2.60. The fourth-order valence-electron chi connectivity index (χ4n) is 0.0962. The van der Waals surface area contributed by atoms with Crippen LogP contribution in [0.3, 0.4) is 0 Å². The molecule has 0 aliphatic rings. The van der Waals surface area contributed by atoms with E-state index in [2.05, 4.69) is 0 Å². The van der Waals surface area contributed by atoms with Crippen LogP contribution in [-0.2, 0) is 25.2 Å². The molecule has 3 heteroatoms. The van der Waals surface area contributed by atoms with Gasteiger partial charge in [0.05, 0.1) is 0 Å². The summed E-state index contributed by atoms with van der Waals surface area (Å²) in [5.41, 5.74) is 1.73. The minimum Gasteiger partial charge on any atom is -0.530 e. The largest absolute Gasteiger partial charge is 0.530 e. The van der Waals surface area contributed by atoms with Crippen LogP contribution in [-0.4, -0.2) is 10.9 Å². The van der Waals surface area contributed by atoms with Gasteiger partial charge in [0.1, 0.15) is 0 Å². The van der Waals surface area contributed by atoms with Gasteiger partial charge >= 0.3 is 0 Å². The van der Waals surface area contributed by atoms with Crippen LogP contribution in [0.15, 0.2) is 0 Å². The first-order valence-electron chi connectivity index (χ1n) is 1.80. The molecule has 0 atom stereocenters. The molecule has 0 amide bonds. The first kappa shape index (κ1) is 10.6. The predicted molar refractivity (Wildman–Crippen MR) is 28.4 cm³/mol. The Labute approximate surface area is 61.9 Å². The van der Waals surface area contributed by atoms with E-state index in [0.717, 1.165) is 0 Å². The van der Waals surface area contributed by atoms with Gasteiger partial charge in [0.25, 0.3) is 0 Å². The Morgan fingerprint density at radius 1 is 1.57 bits per heavy atom. The molecule has 0 aliphatic carbocycles. The Kier molecular flexibility index (Phi) is 10.1. The molecular formula is C4H7OReS-. The molecule has 0 aromatic heterocycles. The number of hydrogen-bond donors (Lipinski definition) is 0. The summed E-state index contributed by atoms with van der Waals surface area (Å²) in [6, 6.07) is 0. The van der Waals surface area contributed by atoms with E-state index in [1.165, 1.54) is 11.8 Å². The van der Waals surface area contributed by atoms with Crippen molar-refractivity contribution in [2.24, 2.45) is 0 Å². The molecule has 0 bridgehead atoms. The maximum atomic E-state index is 9.45. The molecule has 0 aliphatic heterocycles. The maximum Gasteiger partial charge on any atom is 0 e. The normalized spacial score (nSPS) is 7.86. The summed E-state index contributed by atoms with van der Waals surface area (Å²) in [6.45, 7) is 3.91. The van der Waals surface area contributed by atoms with Crippen LogP contribution >= 0.6 is 11.8 Å². The first-order chi connectivity index (χ1) is 2.77. The van der Waals surface area contributed by atoms with E-state index >= 15 is 0 Å².